The number of allylic oxidation sites excluding steroid dienone is 3. The Kier molecular flexibility index (Phi) is 5.17. The topological polar surface area (TPSA) is 52.0 Å². The van der Waals surface area contributed by atoms with Gasteiger partial charge in [-0.1, -0.05) is 36.9 Å². The van der Waals surface area contributed by atoms with Gasteiger partial charge in [0.25, 0.3) is 0 Å². The van der Waals surface area contributed by atoms with E-state index in [-0.39, 0.29) is 0 Å². The molecule has 0 bridgehead atoms. The third-order valence-electron chi connectivity index (χ3n) is 2.24. The van der Waals surface area contributed by atoms with Crippen molar-refractivity contribution in [2.75, 3.05) is 0 Å². The van der Waals surface area contributed by atoms with E-state index in [1.54, 1.807) is 11.5 Å². The molecule has 0 heterocycles. The standard InChI is InChI=1S/C14H16N2S/c1-11(12-5-3-2-4-6-12)9-13(7-8-17)14(16)10-15/h2-10,17H,1,15-16H2/b8-7-,13-9+,14-10-. The van der Waals surface area contributed by atoms with Crippen molar-refractivity contribution in [1.29, 1.82) is 0 Å². The summed E-state index contributed by atoms with van der Waals surface area (Å²) in [6.07, 6.45) is 5.01. The number of hydrogen-bond acceptors (Lipinski definition) is 3. The molecule has 0 atom stereocenters. The predicted molar refractivity (Wildman–Crippen MR) is 78.1 cm³/mol. The molecule has 1 aromatic rings. The Morgan fingerprint density at radius 3 is 2.41 bits per heavy atom. The SMILES string of the molecule is C=C(/C=C(\C=C/S)C(/N)=C/N)c1ccccc1. The molecule has 4 N–H and O–H groups in total. The zero-order chi connectivity index (χ0) is 12.7. The Morgan fingerprint density at radius 2 is 1.88 bits per heavy atom. The van der Waals surface area contributed by atoms with Crippen molar-refractivity contribution < 1.29 is 0 Å². The van der Waals surface area contributed by atoms with Gasteiger partial charge < -0.3 is 11.5 Å². The van der Waals surface area contributed by atoms with Crippen LogP contribution < -0.4 is 11.5 Å². The summed E-state index contributed by atoms with van der Waals surface area (Å²) >= 11 is 4.03. The molecule has 0 aliphatic heterocycles. The maximum atomic E-state index is 5.77. The van der Waals surface area contributed by atoms with Gasteiger partial charge in [0.1, 0.15) is 0 Å². The van der Waals surface area contributed by atoms with E-state index in [1.165, 1.54) is 6.20 Å². The molecule has 1 aromatic carbocycles. The Bertz CT molecular complexity index is 470. The molecule has 0 fully saturated rings. The van der Waals surface area contributed by atoms with Crippen LogP contribution in [0.3, 0.4) is 0 Å². The highest BCUT2D eigenvalue weighted by atomic mass is 32.1. The fourth-order valence-corrected chi connectivity index (χ4v) is 1.49. The normalized spacial score (nSPS) is 13.0. The molecule has 1 rings (SSSR count). The van der Waals surface area contributed by atoms with Crippen molar-refractivity contribution in [3.05, 3.63) is 77.5 Å². The quantitative estimate of drug-likeness (QED) is 0.563. The molecule has 88 valence electrons. The van der Waals surface area contributed by atoms with Crippen LogP contribution in [0.15, 0.2) is 71.9 Å². The summed E-state index contributed by atoms with van der Waals surface area (Å²) in [5.41, 5.74) is 14.4. The molecule has 3 heteroatoms. The molecule has 0 aliphatic carbocycles. The summed E-state index contributed by atoms with van der Waals surface area (Å²) in [6.45, 7) is 4.00. The molecular weight excluding hydrogens is 228 g/mol. The minimum Gasteiger partial charge on any atom is -0.403 e. The first kappa shape index (κ1) is 13.2. The monoisotopic (exact) mass is 244 g/mol. The fraction of sp³-hybridized carbons (Fsp3) is 0. The first-order valence-electron chi connectivity index (χ1n) is 5.13. The molecule has 0 saturated heterocycles. The first-order chi connectivity index (χ1) is 8.19. The lowest BCUT2D eigenvalue weighted by molar-refractivity contribution is 1.31. The van der Waals surface area contributed by atoms with E-state index in [0.29, 0.717) is 5.70 Å². The summed E-state index contributed by atoms with van der Waals surface area (Å²) in [5.74, 6) is 0. The number of benzene rings is 1. The highest BCUT2D eigenvalue weighted by molar-refractivity contribution is 7.83. The second-order valence-corrected chi connectivity index (χ2v) is 3.73. The van der Waals surface area contributed by atoms with Crippen LogP contribution in [-0.4, -0.2) is 0 Å². The molecule has 0 amide bonds. The summed E-state index contributed by atoms with van der Waals surface area (Å²) < 4.78 is 0. The van der Waals surface area contributed by atoms with E-state index in [4.69, 9.17) is 11.5 Å². The van der Waals surface area contributed by atoms with Gasteiger partial charge in [-0.3, -0.25) is 0 Å². The maximum Gasteiger partial charge on any atom is 0.0545 e. The van der Waals surface area contributed by atoms with Gasteiger partial charge in [0, 0.05) is 6.20 Å². The highest BCUT2D eigenvalue weighted by Gasteiger charge is 1.99. The van der Waals surface area contributed by atoms with Gasteiger partial charge in [0.05, 0.1) is 5.70 Å². The van der Waals surface area contributed by atoms with Gasteiger partial charge in [0.15, 0.2) is 0 Å². The number of thiol groups is 1. The highest BCUT2D eigenvalue weighted by Crippen LogP contribution is 2.17. The first-order valence-corrected chi connectivity index (χ1v) is 5.65. The zero-order valence-corrected chi connectivity index (χ0v) is 10.4. The average Bonchev–Trinajstić information content (AvgIpc) is 2.38. The molecule has 0 saturated carbocycles. The third kappa shape index (κ3) is 3.89. The number of hydrogen-bond donors (Lipinski definition) is 3. The van der Waals surface area contributed by atoms with Crippen LogP contribution in [0.1, 0.15) is 5.56 Å². The average molecular weight is 244 g/mol. The largest absolute Gasteiger partial charge is 0.403 e. The van der Waals surface area contributed by atoms with Crippen LogP contribution in [0, 0.1) is 0 Å². The van der Waals surface area contributed by atoms with Crippen molar-refractivity contribution in [3.8, 4) is 0 Å². The van der Waals surface area contributed by atoms with Gasteiger partial charge in [-0.15, -0.1) is 0 Å². The Labute approximate surface area is 107 Å². The van der Waals surface area contributed by atoms with Crippen LogP contribution in [0.4, 0.5) is 0 Å². The molecule has 0 spiro atoms. The van der Waals surface area contributed by atoms with E-state index in [1.807, 2.05) is 36.4 Å². The van der Waals surface area contributed by atoms with E-state index in [0.717, 1.165) is 16.7 Å². The van der Waals surface area contributed by atoms with E-state index < -0.39 is 0 Å². The lowest BCUT2D eigenvalue weighted by Crippen LogP contribution is -2.02. The van der Waals surface area contributed by atoms with E-state index >= 15 is 0 Å². The van der Waals surface area contributed by atoms with Crippen molar-refractivity contribution in [2.24, 2.45) is 11.5 Å². The molecule has 2 nitrogen and oxygen atoms in total. The lowest BCUT2D eigenvalue weighted by atomic mass is 10.0. The minimum atomic E-state index is 0.493. The summed E-state index contributed by atoms with van der Waals surface area (Å²) in [7, 11) is 0. The maximum absolute atomic E-state index is 5.77. The van der Waals surface area contributed by atoms with Crippen molar-refractivity contribution in [3.63, 3.8) is 0 Å². The summed E-state index contributed by atoms with van der Waals surface area (Å²) in [5, 5.41) is 1.61. The van der Waals surface area contributed by atoms with E-state index in [2.05, 4.69) is 19.2 Å². The van der Waals surface area contributed by atoms with Crippen LogP contribution in [-0.2, 0) is 0 Å². The molecule has 0 aromatic heterocycles. The van der Waals surface area contributed by atoms with Gasteiger partial charge in [0.2, 0.25) is 0 Å². The summed E-state index contributed by atoms with van der Waals surface area (Å²) in [6, 6.07) is 9.87. The second kappa shape index (κ2) is 6.66. The van der Waals surface area contributed by atoms with Crippen LogP contribution in [0.2, 0.25) is 0 Å². The van der Waals surface area contributed by atoms with Crippen LogP contribution >= 0.6 is 12.6 Å². The molecular formula is C14H16N2S. The number of nitrogens with two attached hydrogens (primary N) is 2. The fourth-order valence-electron chi connectivity index (χ4n) is 1.33. The summed E-state index contributed by atoms with van der Waals surface area (Å²) in [4.78, 5) is 0. The third-order valence-corrected chi connectivity index (χ3v) is 2.39. The minimum absolute atomic E-state index is 0.493. The van der Waals surface area contributed by atoms with Crippen LogP contribution in [0.25, 0.3) is 5.57 Å². The lowest BCUT2D eigenvalue weighted by Gasteiger charge is -2.05. The Hall–Kier alpha value is -1.87. The van der Waals surface area contributed by atoms with Crippen molar-refractivity contribution >= 4 is 18.2 Å². The van der Waals surface area contributed by atoms with Gasteiger partial charge >= 0.3 is 0 Å². The Morgan fingerprint density at radius 1 is 1.24 bits per heavy atom. The second-order valence-electron chi connectivity index (χ2n) is 3.43. The molecule has 0 aliphatic rings. The van der Waals surface area contributed by atoms with Crippen LogP contribution in [0.5, 0.6) is 0 Å². The molecule has 0 unspecified atom stereocenters. The van der Waals surface area contributed by atoms with Crippen molar-refractivity contribution in [2.45, 2.75) is 0 Å². The predicted octanol–water partition coefficient (Wildman–Crippen LogP) is 2.83. The molecule has 0 radical (unpaired) electrons. The van der Waals surface area contributed by atoms with Crippen molar-refractivity contribution in [1.82, 2.24) is 0 Å². The molecule has 17 heavy (non-hydrogen) atoms. The van der Waals surface area contributed by atoms with Gasteiger partial charge in [-0.2, -0.15) is 12.6 Å². The smallest absolute Gasteiger partial charge is 0.0545 e. The van der Waals surface area contributed by atoms with Gasteiger partial charge in [-0.25, -0.2) is 0 Å². The van der Waals surface area contributed by atoms with Gasteiger partial charge in [-0.05, 0) is 34.3 Å². The zero-order valence-electron chi connectivity index (χ0n) is 9.51. The Balaban J connectivity index is 3.04. The number of rotatable bonds is 4. The van der Waals surface area contributed by atoms with E-state index in [9.17, 15) is 0 Å².